The number of pyridine rings is 1. The first-order valence-electron chi connectivity index (χ1n) is 5.01. The summed E-state index contributed by atoms with van der Waals surface area (Å²) in [5, 5.41) is 9.55. The summed E-state index contributed by atoms with van der Waals surface area (Å²) in [4.78, 5) is 3.92. The van der Waals surface area contributed by atoms with Crippen molar-refractivity contribution in [1.29, 1.82) is 5.26 Å². The first kappa shape index (κ1) is 11.4. The van der Waals surface area contributed by atoms with Crippen LogP contribution in [0.5, 0.6) is 5.75 Å². The van der Waals surface area contributed by atoms with Crippen LogP contribution >= 0.6 is 11.6 Å². The maximum atomic E-state index is 8.88. The highest BCUT2D eigenvalue weighted by molar-refractivity contribution is 6.30. The van der Waals surface area contributed by atoms with Crippen molar-refractivity contribution in [2.75, 3.05) is 0 Å². The van der Waals surface area contributed by atoms with Crippen molar-refractivity contribution >= 4 is 11.6 Å². The van der Waals surface area contributed by atoms with E-state index in [2.05, 4.69) is 11.1 Å². The predicted octanol–water partition coefficient (Wildman–Crippen LogP) is 3.19. The predicted molar refractivity (Wildman–Crippen MR) is 64.7 cm³/mol. The molecule has 1 aromatic heterocycles. The SMILES string of the molecule is N#Cc1ccncc1OCc1cccc(Cl)c1. The van der Waals surface area contributed by atoms with Gasteiger partial charge in [-0.25, -0.2) is 0 Å². The molecule has 0 spiro atoms. The lowest BCUT2D eigenvalue weighted by Crippen LogP contribution is -1.97. The minimum Gasteiger partial charge on any atom is -0.486 e. The molecule has 0 aliphatic carbocycles. The fourth-order valence-electron chi connectivity index (χ4n) is 1.38. The molecule has 2 rings (SSSR count). The van der Waals surface area contributed by atoms with Crippen molar-refractivity contribution in [3.8, 4) is 11.8 Å². The third-order valence-electron chi connectivity index (χ3n) is 2.19. The minimum atomic E-state index is 0.362. The summed E-state index contributed by atoms with van der Waals surface area (Å²) in [6, 6.07) is 11.1. The second-order valence-corrected chi connectivity index (χ2v) is 3.84. The monoisotopic (exact) mass is 244 g/mol. The average Bonchev–Trinajstić information content (AvgIpc) is 2.37. The van der Waals surface area contributed by atoms with E-state index in [9.17, 15) is 0 Å². The highest BCUT2D eigenvalue weighted by atomic mass is 35.5. The van der Waals surface area contributed by atoms with E-state index in [1.807, 2.05) is 18.2 Å². The number of aromatic nitrogens is 1. The summed E-state index contributed by atoms with van der Waals surface area (Å²) >= 11 is 5.86. The molecule has 0 bridgehead atoms. The van der Waals surface area contributed by atoms with Gasteiger partial charge in [0.15, 0.2) is 5.75 Å². The molecule has 0 aliphatic rings. The Hall–Kier alpha value is -2.05. The topological polar surface area (TPSA) is 45.9 Å². The molecular formula is C13H9ClN2O. The molecule has 0 radical (unpaired) electrons. The number of hydrogen-bond donors (Lipinski definition) is 0. The molecule has 2 aromatic rings. The van der Waals surface area contributed by atoms with E-state index in [0.29, 0.717) is 22.9 Å². The molecule has 1 aromatic carbocycles. The van der Waals surface area contributed by atoms with Crippen molar-refractivity contribution < 1.29 is 4.74 Å². The Kier molecular flexibility index (Phi) is 3.59. The molecule has 0 amide bonds. The Morgan fingerprint density at radius 1 is 1.35 bits per heavy atom. The van der Waals surface area contributed by atoms with Gasteiger partial charge in [-0.15, -0.1) is 0 Å². The Morgan fingerprint density at radius 2 is 2.24 bits per heavy atom. The van der Waals surface area contributed by atoms with E-state index in [1.165, 1.54) is 6.20 Å². The van der Waals surface area contributed by atoms with Gasteiger partial charge in [-0.3, -0.25) is 4.98 Å². The van der Waals surface area contributed by atoms with Gasteiger partial charge >= 0.3 is 0 Å². The molecule has 3 nitrogen and oxygen atoms in total. The van der Waals surface area contributed by atoms with E-state index in [4.69, 9.17) is 21.6 Å². The van der Waals surface area contributed by atoms with Crippen LogP contribution in [0.1, 0.15) is 11.1 Å². The standard InChI is InChI=1S/C13H9ClN2O/c14-12-3-1-2-10(6-12)9-17-13-8-16-5-4-11(13)7-15/h1-6,8H,9H2. The molecule has 1 heterocycles. The summed E-state index contributed by atoms with van der Waals surface area (Å²) in [5.41, 5.74) is 1.42. The van der Waals surface area contributed by atoms with Crippen molar-refractivity contribution in [3.63, 3.8) is 0 Å². The van der Waals surface area contributed by atoms with Gasteiger partial charge < -0.3 is 4.74 Å². The maximum Gasteiger partial charge on any atom is 0.155 e. The average molecular weight is 245 g/mol. The van der Waals surface area contributed by atoms with Crippen LogP contribution in [0.25, 0.3) is 0 Å². The van der Waals surface area contributed by atoms with Gasteiger partial charge in [0.25, 0.3) is 0 Å². The summed E-state index contributed by atoms with van der Waals surface area (Å²) in [5.74, 6) is 0.481. The maximum absolute atomic E-state index is 8.88. The largest absolute Gasteiger partial charge is 0.486 e. The molecule has 17 heavy (non-hydrogen) atoms. The van der Waals surface area contributed by atoms with Crippen LogP contribution in [0, 0.1) is 11.3 Å². The summed E-state index contributed by atoms with van der Waals surface area (Å²) in [6.45, 7) is 0.362. The van der Waals surface area contributed by atoms with Gasteiger partial charge in [0.05, 0.1) is 11.8 Å². The lowest BCUT2D eigenvalue weighted by atomic mass is 10.2. The normalized spacial score (nSPS) is 9.65. The van der Waals surface area contributed by atoms with Crippen LogP contribution in [0.2, 0.25) is 5.02 Å². The number of halogens is 1. The fourth-order valence-corrected chi connectivity index (χ4v) is 1.59. The van der Waals surface area contributed by atoms with Crippen molar-refractivity contribution in [2.24, 2.45) is 0 Å². The fraction of sp³-hybridized carbons (Fsp3) is 0.0769. The third-order valence-corrected chi connectivity index (χ3v) is 2.42. The number of benzene rings is 1. The quantitative estimate of drug-likeness (QED) is 0.833. The Labute approximate surface area is 104 Å². The molecule has 0 saturated heterocycles. The van der Waals surface area contributed by atoms with Crippen LogP contribution in [-0.2, 0) is 6.61 Å². The molecule has 0 N–H and O–H groups in total. The van der Waals surface area contributed by atoms with Crippen LogP contribution in [0.3, 0.4) is 0 Å². The van der Waals surface area contributed by atoms with Crippen LogP contribution < -0.4 is 4.74 Å². The molecule has 0 atom stereocenters. The van der Waals surface area contributed by atoms with Gasteiger partial charge in [-0.2, -0.15) is 5.26 Å². The van der Waals surface area contributed by atoms with E-state index in [0.717, 1.165) is 5.56 Å². The smallest absolute Gasteiger partial charge is 0.155 e. The summed E-state index contributed by atoms with van der Waals surface area (Å²) in [7, 11) is 0. The number of nitriles is 1. The first-order valence-corrected chi connectivity index (χ1v) is 5.39. The Bertz CT molecular complexity index is 563. The lowest BCUT2D eigenvalue weighted by Gasteiger charge is -2.07. The lowest BCUT2D eigenvalue weighted by molar-refractivity contribution is 0.304. The van der Waals surface area contributed by atoms with Crippen molar-refractivity contribution in [1.82, 2.24) is 4.98 Å². The van der Waals surface area contributed by atoms with E-state index < -0.39 is 0 Å². The van der Waals surface area contributed by atoms with Gasteiger partial charge in [-0.1, -0.05) is 23.7 Å². The zero-order valence-corrected chi connectivity index (χ0v) is 9.69. The van der Waals surface area contributed by atoms with Crippen molar-refractivity contribution in [2.45, 2.75) is 6.61 Å². The Balaban J connectivity index is 2.10. The van der Waals surface area contributed by atoms with Crippen molar-refractivity contribution in [3.05, 3.63) is 58.9 Å². The van der Waals surface area contributed by atoms with Crippen LogP contribution in [0.4, 0.5) is 0 Å². The number of rotatable bonds is 3. The zero-order valence-electron chi connectivity index (χ0n) is 8.93. The van der Waals surface area contributed by atoms with E-state index >= 15 is 0 Å². The Morgan fingerprint density at radius 3 is 3.00 bits per heavy atom. The van der Waals surface area contributed by atoms with Crippen LogP contribution in [-0.4, -0.2) is 4.98 Å². The van der Waals surface area contributed by atoms with E-state index in [1.54, 1.807) is 18.3 Å². The minimum absolute atomic E-state index is 0.362. The zero-order chi connectivity index (χ0) is 12.1. The molecule has 0 fully saturated rings. The third kappa shape index (κ3) is 2.96. The second kappa shape index (κ2) is 5.33. The summed E-state index contributed by atoms with van der Waals surface area (Å²) in [6.07, 6.45) is 3.09. The van der Waals surface area contributed by atoms with Crippen LogP contribution in [0.15, 0.2) is 42.7 Å². The number of hydrogen-bond acceptors (Lipinski definition) is 3. The molecule has 84 valence electrons. The van der Waals surface area contributed by atoms with Gasteiger partial charge in [0, 0.05) is 11.2 Å². The van der Waals surface area contributed by atoms with Gasteiger partial charge in [-0.05, 0) is 23.8 Å². The first-order chi connectivity index (χ1) is 8.29. The molecule has 4 heteroatoms. The molecule has 0 aliphatic heterocycles. The summed E-state index contributed by atoms with van der Waals surface area (Å²) < 4.78 is 5.53. The number of nitrogens with zero attached hydrogens (tertiary/aromatic N) is 2. The van der Waals surface area contributed by atoms with E-state index in [-0.39, 0.29) is 0 Å². The van der Waals surface area contributed by atoms with Gasteiger partial charge in [0.1, 0.15) is 12.7 Å². The molecule has 0 unspecified atom stereocenters. The second-order valence-electron chi connectivity index (χ2n) is 3.40. The van der Waals surface area contributed by atoms with Gasteiger partial charge in [0.2, 0.25) is 0 Å². The molecular weight excluding hydrogens is 236 g/mol. The molecule has 0 saturated carbocycles. The number of ether oxygens (including phenoxy) is 1. The highest BCUT2D eigenvalue weighted by Gasteiger charge is 2.03. The highest BCUT2D eigenvalue weighted by Crippen LogP contribution is 2.18.